The van der Waals surface area contributed by atoms with Crippen molar-refractivity contribution in [3.63, 3.8) is 0 Å². The van der Waals surface area contributed by atoms with Crippen molar-refractivity contribution in [2.24, 2.45) is 0 Å². The topological polar surface area (TPSA) is 83.4 Å². The molecule has 6 heteroatoms. The number of carbonyl (C=O) groups excluding carboxylic acids is 1. The van der Waals surface area contributed by atoms with Gasteiger partial charge in [-0.1, -0.05) is 19.1 Å². The molecule has 0 radical (unpaired) electrons. The van der Waals surface area contributed by atoms with E-state index < -0.39 is 11.7 Å². The number of carbonyl (C=O) groups is 1. The van der Waals surface area contributed by atoms with Crippen LogP contribution in [-0.2, 0) is 0 Å². The van der Waals surface area contributed by atoms with Crippen LogP contribution in [0.25, 0.3) is 11.0 Å². The second kappa shape index (κ2) is 6.98. The predicted molar refractivity (Wildman–Crippen MR) is 88.6 cm³/mol. The normalized spacial score (nSPS) is 12.0. The van der Waals surface area contributed by atoms with Gasteiger partial charge in [-0.05, 0) is 32.4 Å². The van der Waals surface area contributed by atoms with Gasteiger partial charge in [-0.2, -0.15) is 0 Å². The van der Waals surface area contributed by atoms with Gasteiger partial charge >= 0.3 is 11.7 Å². The number of fused-ring (bicyclic) bond motifs is 1. The molecule has 0 saturated carbocycles. The average molecular weight is 303 g/mol. The number of rotatable bonds is 5. The lowest BCUT2D eigenvalue weighted by atomic mass is 10.2. The van der Waals surface area contributed by atoms with Crippen LogP contribution in [-0.4, -0.2) is 18.6 Å². The van der Waals surface area contributed by atoms with Crippen LogP contribution >= 0.6 is 0 Å². The summed E-state index contributed by atoms with van der Waals surface area (Å²) in [4.78, 5) is 24.2. The van der Waals surface area contributed by atoms with Crippen LogP contribution < -0.4 is 21.6 Å². The number of hydrogen-bond donors (Lipinski definition) is 3. The van der Waals surface area contributed by atoms with Crippen LogP contribution in [0.1, 0.15) is 27.2 Å². The Bertz CT molecular complexity index is 724. The molecule has 1 aromatic heterocycles. The summed E-state index contributed by atoms with van der Waals surface area (Å²) < 4.78 is 5.27. The van der Waals surface area contributed by atoms with Crippen molar-refractivity contribution in [2.75, 3.05) is 17.2 Å². The summed E-state index contributed by atoms with van der Waals surface area (Å²) in [6.07, 6.45) is 0.805. The molecule has 3 N–H and O–H groups in total. The smallest absolute Gasteiger partial charge is 0.362 e. The average Bonchev–Trinajstić information content (AvgIpc) is 2.50. The van der Waals surface area contributed by atoms with Crippen molar-refractivity contribution in [3.05, 3.63) is 34.7 Å². The van der Waals surface area contributed by atoms with Crippen molar-refractivity contribution < 1.29 is 9.21 Å². The summed E-state index contributed by atoms with van der Waals surface area (Å²) in [7, 11) is 0. The van der Waals surface area contributed by atoms with E-state index in [0.717, 1.165) is 11.8 Å². The zero-order valence-electron chi connectivity index (χ0n) is 13.0. The zero-order chi connectivity index (χ0) is 16.1. The second-order valence-corrected chi connectivity index (χ2v) is 5.07. The predicted octanol–water partition coefficient (Wildman–Crippen LogP) is 3.14. The molecule has 1 aromatic carbocycles. The molecule has 0 spiro atoms. The van der Waals surface area contributed by atoms with E-state index in [2.05, 4.69) is 16.0 Å². The van der Waals surface area contributed by atoms with Gasteiger partial charge in [-0.3, -0.25) is 5.32 Å². The van der Waals surface area contributed by atoms with E-state index in [9.17, 15) is 9.59 Å². The van der Waals surface area contributed by atoms with E-state index in [1.54, 1.807) is 12.1 Å². The maximum atomic E-state index is 12.2. The van der Waals surface area contributed by atoms with Gasteiger partial charge < -0.3 is 15.1 Å². The lowest BCUT2D eigenvalue weighted by molar-refractivity contribution is 0.249. The van der Waals surface area contributed by atoms with Crippen molar-refractivity contribution >= 4 is 28.4 Å². The summed E-state index contributed by atoms with van der Waals surface area (Å²) in [5.74, 6) is 0. The van der Waals surface area contributed by atoms with E-state index in [-0.39, 0.29) is 11.7 Å². The highest BCUT2D eigenvalue weighted by molar-refractivity contribution is 6.01. The number of hydrogen-bond acceptors (Lipinski definition) is 4. The highest BCUT2D eigenvalue weighted by Crippen LogP contribution is 2.28. The van der Waals surface area contributed by atoms with Gasteiger partial charge in [0, 0.05) is 18.0 Å². The minimum absolute atomic E-state index is 0.0232. The Kier molecular flexibility index (Phi) is 5.04. The van der Waals surface area contributed by atoms with Crippen LogP contribution in [0, 0.1) is 0 Å². The van der Waals surface area contributed by atoms with E-state index in [4.69, 9.17) is 4.42 Å². The van der Waals surface area contributed by atoms with Crippen molar-refractivity contribution in [2.45, 2.75) is 33.2 Å². The van der Waals surface area contributed by atoms with Gasteiger partial charge in [0.2, 0.25) is 0 Å². The molecule has 1 atom stereocenters. The van der Waals surface area contributed by atoms with Gasteiger partial charge in [-0.25, -0.2) is 9.59 Å². The maximum Gasteiger partial charge on any atom is 0.362 e. The molecule has 6 nitrogen and oxygen atoms in total. The van der Waals surface area contributed by atoms with Gasteiger partial charge in [-0.15, -0.1) is 0 Å². The van der Waals surface area contributed by atoms with E-state index in [1.165, 1.54) is 0 Å². The molecule has 0 saturated heterocycles. The molecule has 0 aliphatic carbocycles. The van der Waals surface area contributed by atoms with Crippen molar-refractivity contribution in [3.8, 4) is 0 Å². The molecule has 0 aliphatic heterocycles. The first-order valence-corrected chi connectivity index (χ1v) is 7.44. The molecule has 0 unspecified atom stereocenters. The first-order valence-electron chi connectivity index (χ1n) is 7.44. The molecular weight excluding hydrogens is 282 g/mol. The number of para-hydroxylation sites is 1. The highest BCUT2D eigenvalue weighted by atomic mass is 16.4. The summed E-state index contributed by atoms with van der Waals surface area (Å²) in [6.45, 7) is 6.41. The SMILES string of the molecule is CCNc1c(NC(=O)N[C@H](C)CC)c(=O)oc2ccccc12. The molecular formula is C16H21N3O3. The highest BCUT2D eigenvalue weighted by Gasteiger charge is 2.16. The lowest BCUT2D eigenvalue weighted by Crippen LogP contribution is -2.37. The lowest BCUT2D eigenvalue weighted by Gasteiger charge is -2.15. The maximum absolute atomic E-state index is 12.2. The minimum Gasteiger partial charge on any atom is -0.421 e. The first kappa shape index (κ1) is 15.9. The largest absolute Gasteiger partial charge is 0.421 e. The Morgan fingerprint density at radius 3 is 2.64 bits per heavy atom. The summed E-state index contributed by atoms with van der Waals surface area (Å²) in [6, 6.07) is 6.82. The van der Waals surface area contributed by atoms with Crippen molar-refractivity contribution in [1.82, 2.24) is 5.32 Å². The minimum atomic E-state index is -0.575. The Hall–Kier alpha value is -2.50. The van der Waals surface area contributed by atoms with Crippen LogP contribution in [0.5, 0.6) is 0 Å². The number of amides is 2. The summed E-state index contributed by atoms with van der Waals surface area (Å²) in [5.41, 5.74) is 0.611. The Balaban J connectivity index is 2.43. The van der Waals surface area contributed by atoms with E-state index >= 15 is 0 Å². The third-order valence-corrected chi connectivity index (χ3v) is 3.40. The van der Waals surface area contributed by atoms with E-state index in [1.807, 2.05) is 32.9 Å². The molecule has 22 heavy (non-hydrogen) atoms. The Morgan fingerprint density at radius 2 is 1.95 bits per heavy atom. The van der Waals surface area contributed by atoms with Gasteiger partial charge in [0.15, 0.2) is 5.69 Å². The van der Waals surface area contributed by atoms with Crippen LogP contribution in [0.15, 0.2) is 33.5 Å². The number of benzene rings is 1. The number of anilines is 2. The Morgan fingerprint density at radius 1 is 1.23 bits per heavy atom. The molecule has 0 bridgehead atoms. The van der Waals surface area contributed by atoms with E-state index in [0.29, 0.717) is 17.8 Å². The zero-order valence-corrected chi connectivity index (χ0v) is 13.0. The molecule has 2 amide bonds. The number of nitrogens with one attached hydrogen (secondary N) is 3. The fourth-order valence-corrected chi connectivity index (χ4v) is 2.10. The molecule has 2 rings (SSSR count). The quantitative estimate of drug-likeness (QED) is 0.741. The third kappa shape index (κ3) is 3.39. The van der Waals surface area contributed by atoms with Crippen LogP contribution in [0.2, 0.25) is 0 Å². The van der Waals surface area contributed by atoms with Crippen LogP contribution in [0.4, 0.5) is 16.2 Å². The third-order valence-electron chi connectivity index (χ3n) is 3.40. The van der Waals surface area contributed by atoms with Gasteiger partial charge in [0.1, 0.15) is 5.58 Å². The fourth-order valence-electron chi connectivity index (χ4n) is 2.10. The molecule has 0 fully saturated rings. The standard InChI is InChI=1S/C16H21N3O3/c1-4-10(3)18-16(21)19-14-13(17-5-2)11-8-6-7-9-12(11)22-15(14)20/h6-10,17H,4-5H2,1-3H3,(H2,18,19,21)/t10-/m1/s1. The first-order chi connectivity index (χ1) is 10.6. The summed E-state index contributed by atoms with van der Waals surface area (Å²) in [5, 5.41) is 9.25. The molecule has 1 heterocycles. The van der Waals surface area contributed by atoms with Gasteiger partial charge in [0.05, 0.1) is 5.69 Å². The molecule has 2 aromatic rings. The Labute approximate surface area is 128 Å². The van der Waals surface area contributed by atoms with Gasteiger partial charge in [0.25, 0.3) is 0 Å². The fraction of sp³-hybridized carbons (Fsp3) is 0.375. The van der Waals surface area contributed by atoms with Crippen LogP contribution in [0.3, 0.4) is 0 Å². The number of urea groups is 1. The molecule has 118 valence electrons. The van der Waals surface area contributed by atoms with Crippen molar-refractivity contribution in [1.29, 1.82) is 0 Å². The summed E-state index contributed by atoms with van der Waals surface area (Å²) >= 11 is 0. The second-order valence-electron chi connectivity index (χ2n) is 5.07. The monoisotopic (exact) mass is 303 g/mol. The molecule has 0 aliphatic rings.